The highest BCUT2D eigenvalue weighted by atomic mass is 35.5. The number of aromatic amines is 1. The van der Waals surface area contributed by atoms with Crippen LogP contribution in [0.15, 0.2) is 42.6 Å². The van der Waals surface area contributed by atoms with Gasteiger partial charge in [-0.25, -0.2) is 0 Å². The highest BCUT2D eigenvalue weighted by Crippen LogP contribution is 2.33. The third kappa shape index (κ3) is 3.22. The number of hydrogen-bond donors (Lipinski definition) is 2. The summed E-state index contributed by atoms with van der Waals surface area (Å²) in [6, 6.07) is 11.3. The van der Waals surface area contributed by atoms with E-state index in [2.05, 4.69) is 10.3 Å². The maximum absolute atomic E-state index is 12.9. The number of fused-ring (bicyclic) bond motifs is 1. The quantitative estimate of drug-likeness (QED) is 0.686. The van der Waals surface area contributed by atoms with Crippen molar-refractivity contribution in [1.82, 2.24) is 4.98 Å². The van der Waals surface area contributed by atoms with Gasteiger partial charge in [0.25, 0.3) is 0 Å². The summed E-state index contributed by atoms with van der Waals surface area (Å²) in [5.74, 6) is 0.658. The van der Waals surface area contributed by atoms with Crippen LogP contribution in [-0.4, -0.2) is 18.0 Å². The zero-order valence-corrected chi connectivity index (χ0v) is 15.5. The summed E-state index contributed by atoms with van der Waals surface area (Å²) in [6.07, 6.45) is 1.88. The first-order valence-electron chi connectivity index (χ1n) is 8.06. The van der Waals surface area contributed by atoms with Gasteiger partial charge in [-0.05, 0) is 62.2 Å². The minimum Gasteiger partial charge on any atom is -0.497 e. The van der Waals surface area contributed by atoms with Crippen molar-refractivity contribution in [1.29, 1.82) is 0 Å². The van der Waals surface area contributed by atoms with Crippen LogP contribution in [0.25, 0.3) is 10.9 Å². The molecule has 0 bridgehead atoms. The summed E-state index contributed by atoms with van der Waals surface area (Å²) in [5.41, 5.74) is 2.81. The number of rotatable bonds is 4. The molecule has 0 saturated heterocycles. The van der Waals surface area contributed by atoms with E-state index in [-0.39, 0.29) is 5.91 Å². The topological polar surface area (TPSA) is 54.1 Å². The number of nitrogens with one attached hydrogen (secondary N) is 2. The number of aromatic nitrogens is 1. The van der Waals surface area contributed by atoms with Crippen LogP contribution in [0.2, 0.25) is 5.02 Å². The van der Waals surface area contributed by atoms with Crippen molar-refractivity contribution in [3.05, 3.63) is 58.7 Å². The fraction of sp³-hybridized carbons (Fsp3) is 0.250. The predicted octanol–water partition coefficient (Wildman–Crippen LogP) is 5.05. The van der Waals surface area contributed by atoms with Crippen molar-refractivity contribution in [3.63, 3.8) is 0 Å². The molecule has 0 unspecified atom stereocenters. The van der Waals surface area contributed by atoms with Crippen LogP contribution >= 0.6 is 11.6 Å². The number of hydrogen-bond acceptors (Lipinski definition) is 2. The molecule has 1 aromatic heterocycles. The summed E-state index contributed by atoms with van der Waals surface area (Å²) >= 11 is 6.15. The van der Waals surface area contributed by atoms with Gasteiger partial charge in [0.2, 0.25) is 5.91 Å². The van der Waals surface area contributed by atoms with E-state index in [0.29, 0.717) is 10.7 Å². The molecule has 4 nitrogen and oxygen atoms in total. The number of amides is 1. The van der Waals surface area contributed by atoms with Crippen LogP contribution in [0.1, 0.15) is 25.0 Å². The van der Waals surface area contributed by atoms with E-state index in [1.54, 1.807) is 13.2 Å². The van der Waals surface area contributed by atoms with Gasteiger partial charge in [0, 0.05) is 27.8 Å². The molecule has 25 heavy (non-hydrogen) atoms. The fourth-order valence-electron chi connectivity index (χ4n) is 2.82. The Balaban J connectivity index is 1.94. The number of carbonyl (C=O) groups excluding carboxylic acids is 1. The van der Waals surface area contributed by atoms with Crippen LogP contribution in [0.5, 0.6) is 5.75 Å². The average Bonchev–Trinajstić information content (AvgIpc) is 3.01. The van der Waals surface area contributed by atoms with Crippen molar-refractivity contribution < 1.29 is 9.53 Å². The summed E-state index contributed by atoms with van der Waals surface area (Å²) in [7, 11) is 1.63. The first-order chi connectivity index (χ1) is 11.8. The lowest BCUT2D eigenvalue weighted by Gasteiger charge is -2.23. The Labute approximate surface area is 152 Å². The number of benzene rings is 2. The van der Waals surface area contributed by atoms with E-state index < -0.39 is 5.41 Å². The zero-order valence-electron chi connectivity index (χ0n) is 14.7. The molecule has 2 N–H and O–H groups in total. The maximum Gasteiger partial charge on any atom is 0.234 e. The Morgan fingerprint density at radius 1 is 1.20 bits per heavy atom. The highest BCUT2D eigenvalue weighted by Gasteiger charge is 2.32. The van der Waals surface area contributed by atoms with Crippen molar-refractivity contribution in [2.75, 3.05) is 12.4 Å². The van der Waals surface area contributed by atoms with Crippen LogP contribution in [-0.2, 0) is 10.2 Å². The van der Waals surface area contributed by atoms with Gasteiger partial charge in [-0.2, -0.15) is 0 Å². The number of aryl methyl sites for hydroxylation is 1. The van der Waals surface area contributed by atoms with Crippen molar-refractivity contribution >= 4 is 34.1 Å². The SMILES string of the molecule is COc1ccc2[nH]cc(C(C)(C)C(=O)Nc3ccc(C)c(Cl)c3)c2c1. The first kappa shape index (κ1) is 17.4. The number of ether oxygens (including phenoxy) is 1. The number of anilines is 1. The van der Waals surface area contributed by atoms with Gasteiger partial charge < -0.3 is 15.0 Å². The molecule has 0 spiro atoms. The van der Waals surface area contributed by atoms with Gasteiger partial charge in [0.1, 0.15) is 5.75 Å². The standard InChI is InChI=1S/C20H21ClN2O2/c1-12-5-6-13(9-17(12)21)23-19(24)20(2,3)16-11-22-18-8-7-14(25-4)10-15(16)18/h5-11,22H,1-4H3,(H,23,24). The van der Waals surface area contributed by atoms with Crippen LogP contribution in [0.4, 0.5) is 5.69 Å². The summed E-state index contributed by atoms with van der Waals surface area (Å²) in [5, 5.41) is 4.57. The van der Waals surface area contributed by atoms with Crippen LogP contribution in [0.3, 0.4) is 0 Å². The minimum absolute atomic E-state index is 0.101. The monoisotopic (exact) mass is 356 g/mol. The maximum atomic E-state index is 12.9. The van der Waals surface area contributed by atoms with Gasteiger partial charge in [0.05, 0.1) is 12.5 Å². The average molecular weight is 357 g/mol. The van der Waals surface area contributed by atoms with E-state index in [9.17, 15) is 4.79 Å². The summed E-state index contributed by atoms with van der Waals surface area (Å²) in [6.45, 7) is 5.73. The van der Waals surface area contributed by atoms with Gasteiger partial charge >= 0.3 is 0 Å². The molecule has 1 heterocycles. The molecule has 2 aromatic carbocycles. The van der Waals surface area contributed by atoms with E-state index in [4.69, 9.17) is 16.3 Å². The van der Waals surface area contributed by atoms with E-state index >= 15 is 0 Å². The van der Waals surface area contributed by atoms with Crippen molar-refractivity contribution in [2.24, 2.45) is 0 Å². The molecule has 5 heteroatoms. The Hall–Kier alpha value is -2.46. The third-order valence-corrected chi connectivity index (χ3v) is 4.97. The highest BCUT2D eigenvalue weighted by molar-refractivity contribution is 6.31. The molecule has 130 valence electrons. The normalized spacial score (nSPS) is 11.6. The molecular weight excluding hydrogens is 336 g/mol. The lowest BCUT2D eigenvalue weighted by Crippen LogP contribution is -2.34. The Morgan fingerprint density at radius 3 is 2.64 bits per heavy atom. The molecule has 0 aliphatic rings. The second kappa shape index (κ2) is 6.45. The molecular formula is C20H21ClN2O2. The Morgan fingerprint density at radius 2 is 1.96 bits per heavy atom. The zero-order chi connectivity index (χ0) is 18.2. The third-order valence-electron chi connectivity index (χ3n) is 4.56. The Bertz CT molecular complexity index is 944. The molecule has 3 rings (SSSR count). The summed E-state index contributed by atoms with van der Waals surface area (Å²) in [4.78, 5) is 16.2. The minimum atomic E-state index is -0.734. The number of carbonyl (C=O) groups is 1. The number of H-pyrrole nitrogens is 1. The van der Waals surface area contributed by atoms with Gasteiger partial charge in [-0.1, -0.05) is 17.7 Å². The lowest BCUT2D eigenvalue weighted by molar-refractivity contribution is -0.120. The van der Waals surface area contributed by atoms with Crippen LogP contribution < -0.4 is 10.1 Å². The van der Waals surface area contributed by atoms with E-state index in [0.717, 1.165) is 27.8 Å². The fourth-order valence-corrected chi connectivity index (χ4v) is 3.00. The van der Waals surface area contributed by atoms with Gasteiger partial charge in [-0.15, -0.1) is 0 Å². The molecule has 0 aliphatic heterocycles. The van der Waals surface area contributed by atoms with E-state index in [1.165, 1.54) is 0 Å². The molecule has 0 aliphatic carbocycles. The molecule has 0 atom stereocenters. The smallest absolute Gasteiger partial charge is 0.234 e. The van der Waals surface area contributed by atoms with Gasteiger partial charge in [0.15, 0.2) is 0 Å². The van der Waals surface area contributed by atoms with Crippen molar-refractivity contribution in [2.45, 2.75) is 26.2 Å². The molecule has 3 aromatic rings. The van der Waals surface area contributed by atoms with E-state index in [1.807, 2.05) is 57.3 Å². The van der Waals surface area contributed by atoms with Gasteiger partial charge in [-0.3, -0.25) is 4.79 Å². The number of halogens is 1. The predicted molar refractivity (Wildman–Crippen MR) is 103 cm³/mol. The van der Waals surface area contributed by atoms with Crippen molar-refractivity contribution in [3.8, 4) is 5.75 Å². The molecule has 1 amide bonds. The second-order valence-corrected chi connectivity index (χ2v) is 7.06. The summed E-state index contributed by atoms with van der Waals surface area (Å²) < 4.78 is 5.31. The number of methoxy groups -OCH3 is 1. The second-order valence-electron chi connectivity index (χ2n) is 6.66. The first-order valence-corrected chi connectivity index (χ1v) is 8.44. The molecule has 0 saturated carbocycles. The largest absolute Gasteiger partial charge is 0.497 e. The molecule has 0 radical (unpaired) electrons. The molecule has 0 fully saturated rings. The Kier molecular flexibility index (Phi) is 4.48. The lowest BCUT2D eigenvalue weighted by atomic mass is 9.83. The van der Waals surface area contributed by atoms with Crippen LogP contribution in [0, 0.1) is 6.92 Å².